The summed E-state index contributed by atoms with van der Waals surface area (Å²) in [6.45, 7) is 11.1. The van der Waals surface area contributed by atoms with Crippen LogP contribution >= 0.6 is 35.3 Å². The molecule has 1 aromatic rings. The van der Waals surface area contributed by atoms with Gasteiger partial charge in [-0.15, -0.1) is 35.3 Å². The van der Waals surface area contributed by atoms with Gasteiger partial charge in [-0.3, -0.25) is 4.99 Å². The number of rotatable bonds is 6. The summed E-state index contributed by atoms with van der Waals surface area (Å²) >= 11 is 1.82. The van der Waals surface area contributed by atoms with E-state index < -0.39 is 0 Å². The first-order valence-electron chi connectivity index (χ1n) is 8.42. The Labute approximate surface area is 161 Å². The molecule has 1 fully saturated rings. The van der Waals surface area contributed by atoms with Crippen LogP contribution in [0, 0.1) is 0 Å². The lowest BCUT2D eigenvalue weighted by Gasteiger charge is -2.34. The van der Waals surface area contributed by atoms with Crippen LogP contribution in [0.5, 0.6) is 0 Å². The Morgan fingerprint density at radius 1 is 1.43 bits per heavy atom. The van der Waals surface area contributed by atoms with Crippen LogP contribution in [0.2, 0.25) is 0 Å². The molecule has 0 saturated carbocycles. The van der Waals surface area contributed by atoms with Crippen LogP contribution < -0.4 is 5.32 Å². The molecule has 1 N–H and O–H groups in total. The lowest BCUT2D eigenvalue weighted by Crippen LogP contribution is -2.47. The Morgan fingerprint density at radius 2 is 2.17 bits per heavy atom. The summed E-state index contributed by atoms with van der Waals surface area (Å²) < 4.78 is 5.73. The molecule has 1 atom stereocenters. The zero-order valence-corrected chi connectivity index (χ0v) is 17.6. The molecule has 2 heterocycles. The summed E-state index contributed by atoms with van der Waals surface area (Å²) in [5, 5.41) is 5.58. The maximum atomic E-state index is 5.73. The summed E-state index contributed by atoms with van der Waals surface area (Å²) in [5.41, 5.74) is 0. The molecule has 1 aliphatic heterocycles. The molecule has 1 aromatic heterocycles. The molecular formula is C17H30IN3OS. The van der Waals surface area contributed by atoms with Crippen molar-refractivity contribution in [1.82, 2.24) is 10.2 Å². The Hall–Kier alpha value is -0.340. The van der Waals surface area contributed by atoms with Crippen LogP contribution in [-0.4, -0.2) is 49.7 Å². The number of hydrogen-bond acceptors (Lipinski definition) is 3. The number of hydrogen-bond donors (Lipinski definition) is 1. The van der Waals surface area contributed by atoms with Crippen LogP contribution in [0.4, 0.5) is 0 Å². The highest BCUT2D eigenvalue weighted by Gasteiger charge is 2.21. The third-order valence-corrected chi connectivity index (χ3v) is 5.13. The van der Waals surface area contributed by atoms with Crippen molar-refractivity contribution in [3.05, 3.63) is 22.4 Å². The first-order chi connectivity index (χ1) is 10.7. The van der Waals surface area contributed by atoms with Crippen molar-refractivity contribution < 1.29 is 4.74 Å². The predicted molar refractivity (Wildman–Crippen MR) is 110 cm³/mol. The Kier molecular flexibility index (Phi) is 10.1. The topological polar surface area (TPSA) is 36.9 Å². The fourth-order valence-electron chi connectivity index (χ4n) is 2.78. The maximum Gasteiger partial charge on any atom is 0.193 e. The van der Waals surface area contributed by atoms with Gasteiger partial charge in [0, 0.05) is 37.0 Å². The summed E-state index contributed by atoms with van der Waals surface area (Å²) in [6, 6.07) is 4.31. The van der Waals surface area contributed by atoms with Gasteiger partial charge in [-0.05, 0) is 38.1 Å². The molecule has 132 valence electrons. The van der Waals surface area contributed by atoms with Gasteiger partial charge in [-0.1, -0.05) is 13.0 Å². The summed E-state index contributed by atoms with van der Waals surface area (Å²) in [7, 11) is 0. The van der Waals surface area contributed by atoms with E-state index in [1.165, 1.54) is 4.88 Å². The quantitative estimate of drug-likeness (QED) is 0.405. The smallest absolute Gasteiger partial charge is 0.193 e. The van der Waals surface area contributed by atoms with Crippen molar-refractivity contribution in [3.8, 4) is 0 Å². The van der Waals surface area contributed by atoms with Gasteiger partial charge in [0.2, 0.25) is 0 Å². The van der Waals surface area contributed by atoms with Gasteiger partial charge >= 0.3 is 0 Å². The molecule has 1 unspecified atom stereocenters. The number of nitrogens with zero attached hydrogens (tertiary/aromatic N) is 2. The fraction of sp³-hybridized carbons (Fsp3) is 0.706. The van der Waals surface area contributed by atoms with Crippen LogP contribution in [-0.2, 0) is 4.74 Å². The van der Waals surface area contributed by atoms with Crippen molar-refractivity contribution in [3.63, 3.8) is 0 Å². The minimum Gasteiger partial charge on any atom is -0.378 e. The number of guanidine groups is 1. The molecule has 0 aromatic carbocycles. The highest BCUT2D eigenvalue weighted by atomic mass is 127. The van der Waals surface area contributed by atoms with Gasteiger partial charge in [0.1, 0.15) is 0 Å². The third kappa shape index (κ3) is 6.58. The molecule has 1 aliphatic rings. The standard InChI is InChI=1S/C17H29N3OS.HI/c1-4-18-17(19-13-14(3)16-7-6-12-22-16)20-10-8-15(9-11-20)21-5-2;/h6-7,12,14-15H,4-5,8-11,13H2,1-3H3,(H,18,19);1H. The number of thiophene rings is 1. The fourth-order valence-corrected chi connectivity index (χ4v) is 3.56. The lowest BCUT2D eigenvalue weighted by molar-refractivity contribution is 0.0264. The van der Waals surface area contributed by atoms with Gasteiger partial charge in [0.25, 0.3) is 0 Å². The molecule has 0 amide bonds. The third-order valence-electron chi connectivity index (χ3n) is 4.02. The summed E-state index contributed by atoms with van der Waals surface area (Å²) in [6.07, 6.45) is 2.62. The monoisotopic (exact) mass is 451 g/mol. The van der Waals surface area contributed by atoms with Gasteiger partial charge in [-0.2, -0.15) is 0 Å². The van der Waals surface area contributed by atoms with Crippen molar-refractivity contribution in [2.75, 3.05) is 32.8 Å². The van der Waals surface area contributed by atoms with E-state index in [0.29, 0.717) is 12.0 Å². The lowest BCUT2D eigenvalue weighted by atomic mass is 10.1. The summed E-state index contributed by atoms with van der Waals surface area (Å²) in [5.74, 6) is 1.54. The second kappa shape index (κ2) is 11.3. The highest BCUT2D eigenvalue weighted by Crippen LogP contribution is 2.21. The molecule has 2 rings (SSSR count). The van der Waals surface area contributed by atoms with Crippen molar-refractivity contribution in [1.29, 1.82) is 0 Å². The molecule has 0 radical (unpaired) electrons. The minimum atomic E-state index is 0. The van der Waals surface area contributed by atoms with E-state index in [4.69, 9.17) is 9.73 Å². The first-order valence-corrected chi connectivity index (χ1v) is 9.30. The number of likely N-dealkylation sites (tertiary alicyclic amines) is 1. The highest BCUT2D eigenvalue weighted by molar-refractivity contribution is 14.0. The Morgan fingerprint density at radius 3 is 2.74 bits per heavy atom. The van der Waals surface area contributed by atoms with E-state index in [9.17, 15) is 0 Å². The number of halogens is 1. The minimum absolute atomic E-state index is 0. The normalized spacial score (nSPS) is 17.7. The second-order valence-corrected chi connectivity index (χ2v) is 6.73. The van der Waals surface area contributed by atoms with E-state index in [2.05, 4.69) is 48.5 Å². The molecule has 0 bridgehead atoms. The van der Waals surface area contributed by atoms with Gasteiger partial charge in [-0.25, -0.2) is 0 Å². The van der Waals surface area contributed by atoms with Crippen molar-refractivity contribution in [2.45, 2.75) is 45.6 Å². The van der Waals surface area contributed by atoms with E-state index in [1.54, 1.807) is 0 Å². The van der Waals surface area contributed by atoms with Crippen molar-refractivity contribution in [2.24, 2.45) is 4.99 Å². The number of aliphatic imine (C=N–C) groups is 1. The predicted octanol–water partition coefficient (Wildman–Crippen LogP) is 3.94. The molecule has 4 nitrogen and oxygen atoms in total. The largest absolute Gasteiger partial charge is 0.378 e. The zero-order valence-electron chi connectivity index (χ0n) is 14.5. The van der Waals surface area contributed by atoms with E-state index in [0.717, 1.165) is 51.6 Å². The van der Waals surface area contributed by atoms with Crippen LogP contribution in [0.1, 0.15) is 44.4 Å². The second-order valence-electron chi connectivity index (χ2n) is 5.75. The van der Waals surface area contributed by atoms with E-state index in [-0.39, 0.29) is 24.0 Å². The molecule has 23 heavy (non-hydrogen) atoms. The van der Waals surface area contributed by atoms with E-state index >= 15 is 0 Å². The van der Waals surface area contributed by atoms with Gasteiger partial charge < -0.3 is 15.0 Å². The molecule has 0 spiro atoms. The Balaban J connectivity index is 0.00000264. The average Bonchev–Trinajstić information content (AvgIpc) is 3.07. The number of ether oxygens (including phenoxy) is 1. The summed E-state index contributed by atoms with van der Waals surface area (Å²) in [4.78, 5) is 8.65. The number of piperidine rings is 1. The molecule has 1 saturated heterocycles. The Bertz CT molecular complexity index is 445. The van der Waals surface area contributed by atoms with Crippen LogP contribution in [0.15, 0.2) is 22.5 Å². The molecular weight excluding hydrogens is 421 g/mol. The first kappa shape index (κ1) is 20.7. The SMILES string of the molecule is CCNC(=NCC(C)c1cccs1)N1CCC(OCC)CC1.I. The number of nitrogens with one attached hydrogen (secondary N) is 1. The van der Waals surface area contributed by atoms with Gasteiger partial charge in [0.15, 0.2) is 5.96 Å². The molecule has 0 aliphatic carbocycles. The van der Waals surface area contributed by atoms with Crippen LogP contribution in [0.3, 0.4) is 0 Å². The zero-order chi connectivity index (χ0) is 15.8. The van der Waals surface area contributed by atoms with Crippen LogP contribution in [0.25, 0.3) is 0 Å². The van der Waals surface area contributed by atoms with Crippen molar-refractivity contribution >= 4 is 41.3 Å². The van der Waals surface area contributed by atoms with E-state index in [1.807, 2.05) is 11.3 Å². The van der Waals surface area contributed by atoms with Gasteiger partial charge in [0.05, 0.1) is 12.6 Å². The average molecular weight is 451 g/mol. The molecule has 6 heteroatoms. The maximum absolute atomic E-state index is 5.73.